The van der Waals surface area contributed by atoms with Gasteiger partial charge < -0.3 is 0 Å². The number of primary sulfonamides is 1. The molecule has 0 aliphatic carbocycles. The first-order valence-corrected chi connectivity index (χ1v) is 6.58. The van der Waals surface area contributed by atoms with E-state index in [1.165, 1.54) is 6.07 Å². The van der Waals surface area contributed by atoms with E-state index in [1.807, 2.05) is 25.1 Å². The molecule has 4 nitrogen and oxygen atoms in total. The van der Waals surface area contributed by atoms with E-state index >= 15 is 0 Å². The number of pyridine rings is 1. The Labute approximate surface area is 100 Å². The smallest absolute Gasteiger partial charge is 0.238 e. The van der Waals surface area contributed by atoms with Gasteiger partial charge in [-0.15, -0.1) is 0 Å². The van der Waals surface area contributed by atoms with Crippen LogP contribution in [0.15, 0.2) is 47.5 Å². The molecular weight excluding hydrogens is 236 g/mol. The van der Waals surface area contributed by atoms with Gasteiger partial charge in [0.2, 0.25) is 10.0 Å². The first-order chi connectivity index (χ1) is 7.98. The maximum Gasteiger partial charge on any atom is 0.238 e. The largest absolute Gasteiger partial charge is 0.256 e. The van der Waals surface area contributed by atoms with Crippen molar-refractivity contribution < 1.29 is 8.42 Å². The van der Waals surface area contributed by atoms with Crippen LogP contribution in [0.25, 0.3) is 11.3 Å². The lowest BCUT2D eigenvalue weighted by molar-refractivity contribution is 0.598. The highest BCUT2D eigenvalue weighted by atomic mass is 32.2. The summed E-state index contributed by atoms with van der Waals surface area (Å²) in [5, 5.41) is 5.11. The average molecular weight is 248 g/mol. The molecule has 0 saturated heterocycles. The molecule has 0 atom stereocenters. The third-order valence-electron chi connectivity index (χ3n) is 2.48. The van der Waals surface area contributed by atoms with E-state index in [1.54, 1.807) is 18.3 Å². The summed E-state index contributed by atoms with van der Waals surface area (Å²) in [4.78, 5) is 4.30. The van der Waals surface area contributed by atoms with Gasteiger partial charge in [0.1, 0.15) is 0 Å². The lowest BCUT2D eigenvalue weighted by Gasteiger charge is -2.07. The Hall–Kier alpha value is -1.72. The van der Waals surface area contributed by atoms with Crippen LogP contribution in [0, 0.1) is 6.92 Å². The SMILES string of the molecule is Cc1ccc(S(N)(=O)=O)cc1-c1ccccn1. The first-order valence-electron chi connectivity index (χ1n) is 5.03. The molecule has 2 rings (SSSR count). The Bertz CT molecular complexity index is 637. The van der Waals surface area contributed by atoms with Crippen LogP contribution in [-0.4, -0.2) is 13.4 Å². The Balaban J connectivity index is 2.63. The third-order valence-corrected chi connectivity index (χ3v) is 3.39. The molecule has 0 saturated carbocycles. The summed E-state index contributed by atoms with van der Waals surface area (Å²) in [6.45, 7) is 1.90. The van der Waals surface area contributed by atoms with E-state index in [0.717, 1.165) is 16.8 Å². The molecule has 88 valence electrons. The van der Waals surface area contributed by atoms with Gasteiger partial charge >= 0.3 is 0 Å². The number of hydrogen-bond donors (Lipinski definition) is 1. The van der Waals surface area contributed by atoms with E-state index in [4.69, 9.17) is 5.14 Å². The summed E-state index contributed by atoms with van der Waals surface area (Å²) in [6.07, 6.45) is 1.67. The van der Waals surface area contributed by atoms with Crippen LogP contribution in [0.1, 0.15) is 5.56 Å². The standard InChI is InChI=1S/C12H12N2O2S/c1-9-5-6-10(17(13,15)16)8-11(9)12-4-2-3-7-14-12/h2-8H,1H3,(H2,13,15,16). The topological polar surface area (TPSA) is 73.1 Å². The predicted octanol–water partition coefficient (Wildman–Crippen LogP) is 1.70. The van der Waals surface area contributed by atoms with Crippen LogP contribution in [0.3, 0.4) is 0 Å². The molecule has 0 unspecified atom stereocenters. The Morgan fingerprint density at radius 1 is 1.18 bits per heavy atom. The van der Waals surface area contributed by atoms with Crippen molar-refractivity contribution >= 4 is 10.0 Å². The van der Waals surface area contributed by atoms with Gasteiger partial charge in [0.15, 0.2) is 0 Å². The van der Waals surface area contributed by atoms with Crippen molar-refractivity contribution in [2.24, 2.45) is 5.14 Å². The average Bonchev–Trinajstić information content (AvgIpc) is 2.29. The highest BCUT2D eigenvalue weighted by Crippen LogP contribution is 2.23. The monoisotopic (exact) mass is 248 g/mol. The molecule has 1 aromatic heterocycles. The Morgan fingerprint density at radius 2 is 1.94 bits per heavy atom. The molecule has 0 radical (unpaired) electrons. The number of aryl methyl sites for hydroxylation is 1. The number of nitrogens with zero attached hydrogens (tertiary/aromatic N) is 1. The quantitative estimate of drug-likeness (QED) is 0.879. The number of sulfonamides is 1. The van der Waals surface area contributed by atoms with Gasteiger partial charge in [-0.3, -0.25) is 4.98 Å². The zero-order valence-electron chi connectivity index (χ0n) is 9.29. The van der Waals surface area contributed by atoms with Crippen LogP contribution in [0.5, 0.6) is 0 Å². The molecular formula is C12H12N2O2S. The third kappa shape index (κ3) is 2.51. The molecule has 0 fully saturated rings. The summed E-state index contributed by atoms with van der Waals surface area (Å²) in [6, 6.07) is 10.3. The summed E-state index contributed by atoms with van der Waals surface area (Å²) in [7, 11) is -3.68. The fourth-order valence-corrected chi connectivity index (χ4v) is 2.12. The van der Waals surface area contributed by atoms with Crippen molar-refractivity contribution in [3.05, 3.63) is 48.2 Å². The van der Waals surface area contributed by atoms with Gasteiger partial charge in [-0.1, -0.05) is 12.1 Å². The predicted molar refractivity (Wildman–Crippen MR) is 65.8 cm³/mol. The molecule has 1 heterocycles. The van der Waals surface area contributed by atoms with Crippen molar-refractivity contribution in [2.75, 3.05) is 0 Å². The van der Waals surface area contributed by atoms with Crippen LogP contribution in [0.4, 0.5) is 0 Å². The molecule has 2 N–H and O–H groups in total. The van der Waals surface area contributed by atoms with E-state index < -0.39 is 10.0 Å². The molecule has 0 aliphatic rings. The number of hydrogen-bond acceptors (Lipinski definition) is 3. The fourth-order valence-electron chi connectivity index (χ4n) is 1.58. The number of nitrogens with two attached hydrogens (primary N) is 1. The van der Waals surface area contributed by atoms with Crippen molar-refractivity contribution in [3.63, 3.8) is 0 Å². The first kappa shape index (κ1) is 11.8. The van der Waals surface area contributed by atoms with Crippen molar-refractivity contribution in [1.82, 2.24) is 4.98 Å². The highest BCUT2D eigenvalue weighted by Gasteiger charge is 2.11. The second-order valence-corrected chi connectivity index (χ2v) is 5.30. The van der Waals surface area contributed by atoms with Gasteiger partial charge in [-0.25, -0.2) is 13.6 Å². The van der Waals surface area contributed by atoms with Crippen molar-refractivity contribution in [1.29, 1.82) is 0 Å². The fraction of sp³-hybridized carbons (Fsp3) is 0.0833. The molecule has 17 heavy (non-hydrogen) atoms. The van der Waals surface area contributed by atoms with Gasteiger partial charge in [-0.05, 0) is 36.8 Å². The summed E-state index contributed by atoms with van der Waals surface area (Å²) in [5.74, 6) is 0. The maximum atomic E-state index is 11.3. The van der Waals surface area contributed by atoms with E-state index in [0.29, 0.717) is 0 Å². The molecule has 0 amide bonds. The maximum absolute atomic E-state index is 11.3. The summed E-state index contributed by atoms with van der Waals surface area (Å²) >= 11 is 0. The summed E-state index contributed by atoms with van der Waals surface area (Å²) in [5.41, 5.74) is 2.46. The minimum Gasteiger partial charge on any atom is -0.256 e. The Morgan fingerprint density at radius 3 is 2.53 bits per heavy atom. The lowest BCUT2D eigenvalue weighted by atomic mass is 10.1. The molecule has 0 spiro atoms. The number of rotatable bonds is 2. The molecule has 1 aromatic carbocycles. The molecule has 0 aliphatic heterocycles. The minimum atomic E-state index is -3.68. The van der Waals surface area contributed by atoms with Crippen LogP contribution in [-0.2, 0) is 10.0 Å². The molecule has 5 heteroatoms. The summed E-state index contributed by atoms with van der Waals surface area (Å²) < 4.78 is 22.6. The van der Waals surface area contributed by atoms with Crippen LogP contribution >= 0.6 is 0 Å². The van der Waals surface area contributed by atoms with Gasteiger partial charge in [0, 0.05) is 11.8 Å². The van der Waals surface area contributed by atoms with Gasteiger partial charge in [0.25, 0.3) is 0 Å². The van der Waals surface area contributed by atoms with Crippen molar-refractivity contribution in [2.45, 2.75) is 11.8 Å². The second-order valence-electron chi connectivity index (χ2n) is 3.74. The van der Waals surface area contributed by atoms with E-state index in [2.05, 4.69) is 4.98 Å². The number of benzene rings is 1. The molecule has 0 bridgehead atoms. The van der Waals surface area contributed by atoms with E-state index in [9.17, 15) is 8.42 Å². The van der Waals surface area contributed by atoms with Gasteiger partial charge in [0.05, 0.1) is 10.6 Å². The van der Waals surface area contributed by atoms with Crippen molar-refractivity contribution in [3.8, 4) is 11.3 Å². The second kappa shape index (κ2) is 4.27. The van der Waals surface area contributed by atoms with Crippen LogP contribution < -0.4 is 5.14 Å². The minimum absolute atomic E-state index is 0.101. The Kier molecular flexibility index (Phi) is 2.95. The van der Waals surface area contributed by atoms with E-state index in [-0.39, 0.29) is 4.90 Å². The number of aromatic nitrogens is 1. The lowest BCUT2D eigenvalue weighted by Crippen LogP contribution is -2.12. The molecule has 2 aromatic rings. The normalized spacial score (nSPS) is 11.4. The zero-order valence-corrected chi connectivity index (χ0v) is 10.1. The zero-order chi connectivity index (χ0) is 12.5. The van der Waals surface area contributed by atoms with Gasteiger partial charge in [-0.2, -0.15) is 0 Å². The van der Waals surface area contributed by atoms with Crippen LogP contribution in [0.2, 0.25) is 0 Å². The highest BCUT2D eigenvalue weighted by molar-refractivity contribution is 7.89.